The molecule has 2 N–H and O–H groups in total. The second-order valence-corrected chi connectivity index (χ2v) is 26.3. The molecule has 0 aliphatic heterocycles. The molecule has 474 valence electrons. The molecule has 0 aliphatic rings. The largest absolute Gasteiger partial charge is 0.756 e. The number of phosphoric acid groups is 1. The Morgan fingerprint density at radius 3 is 1.15 bits per heavy atom. The molecule has 0 spiro atoms. The van der Waals surface area contributed by atoms with Crippen molar-refractivity contribution < 1.29 is 32.9 Å². The van der Waals surface area contributed by atoms with Gasteiger partial charge in [0.05, 0.1) is 39.9 Å². The molecule has 0 fully saturated rings. The van der Waals surface area contributed by atoms with Gasteiger partial charge in [0.25, 0.3) is 7.82 Å². The third-order valence-electron chi connectivity index (χ3n) is 15.7. The number of quaternary nitrogens is 1. The van der Waals surface area contributed by atoms with Gasteiger partial charge >= 0.3 is 0 Å². The lowest BCUT2D eigenvalue weighted by atomic mass is 10.0. The number of carbonyl (C=O) groups is 1. The standard InChI is InChI=1S/C72H135N2O6P/c1-6-8-10-12-14-16-18-20-22-24-26-27-28-29-30-31-32-33-34-35-36-37-38-39-40-41-42-43-44-45-46-47-48-50-52-54-56-58-60-62-64-66-72(76)73-70(69-80-81(77,78)79-68-67-74(3,4)5)71(75)65-63-61-59-57-55-53-51-49-25-23-21-19-17-15-13-11-9-7-2/h8,10,14,16,20,22,26-27,55,57,63,65,70-71,75H,6-7,9,11-13,15,17-19,21,23-25,28-54,56,58-62,64,66-69H2,1-5H3,(H-,73,76,77,78)/b10-8-,16-14-,22-20-,27-26-,57-55+,65-63+. The van der Waals surface area contributed by atoms with Crippen molar-refractivity contribution in [1.82, 2.24) is 5.32 Å². The number of rotatable bonds is 64. The lowest BCUT2D eigenvalue weighted by Gasteiger charge is -2.29. The van der Waals surface area contributed by atoms with E-state index in [1.807, 2.05) is 27.2 Å². The van der Waals surface area contributed by atoms with Gasteiger partial charge in [-0.25, -0.2) is 0 Å². The Kier molecular flexibility index (Phi) is 60.9. The van der Waals surface area contributed by atoms with Crippen molar-refractivity contribution in [2.24, 2.45) is 0 Å². The number of aliphatic hydroxyl groups is 1. The molecule has 0 rings (SSSR count). The molecule has 0 aliphatic carbocycles. The molecule has 0 aromatic carbocycles. The van der Waals surface area contributed by atoms with Crippen molar-refractivity contribution in [3.8, 4) is 0 Å². The van der Waals surface area contributed by atoms with Crippen molar-refractivity contribution in [1.29, 1.82) is 0 Å². The average molecular weight is 1160 g/mol. The van der Waals surface area contributed by atoms with Crippen LogP contribution >= 0.6 is 7.82 Å². The van der Waals surface area contributed by atoms with E-state index in [-0.39, 0.29) is 12.5 Å². The van der Waals surface area contributed by atoms with Crippen LogP contribution in [0, 0.1) is 0 Å². The first kappa shape index (κ1) is 78.9. The molecule has 81 heavy (non-hydrogen) atoms. The monoisotopic (exact) mass is 1160 g/mol. The molecular formula is C72H135N2O6P. The number of unbranched alkanes of at least 4 members (excludes halogenated alkanes) is 41. The van der Waals surface area contributed by atoms with Gasteiger partial charge in [-0.05, 0) is 70.6 Å². The van der Waals surface area contributed by atoms with Crippen molar-refractivity contribution in [2.45, 2.75) is 341 Å². The first-order valence-electron chi connectivity index (χ1n) is 34.8. The van der Waals surface area contributed by atoms with Gasteiger partial charge in [-0.2, -0.15) is 0 Å². The summed E-state index contributed by atoms with van der Waals surface area (Å²) in [5, 5.41) is 13.9. The van der Waals surface area contributed by atoms with Crippen molar-refractivity contribution in [3.05, 3.63) is 72.9 Å². The number of aliphatic hydroxyl groups excluding tert-OH is 1. The Balaban J connectivity index is 3.92. The van der Waals surface area contributed by atoms with Gasteiger partial charge in [0.1, 0.15) is 13.2 Å². The zero-order valence-corrected chi connectivity index (χ0v) is 55.1. The predicted molar refractivity (Wildman–Crippen MR) is 353 cm³/mol. The van der Waals surface area contributed by atoms with Crippen LogP contribution in [0.2, 0.25) is 0 Å². The highest BCUT2D eigenvalue weighted by molar-refractivity contribution is 7.45. The number of likely N-dealkylation sites (N-methyl/N-ethyl adjacent to an activating group) is 1. The van der Waals surface area contributed by atoms with Gasteiger partial charge in [0.15, 0.2) is 0 Å². The van der Waals surface area contributed by atoms with Crippen molar-refractivity contribution in [3.63, 3.8) is 0 Å². The maximum absolute atomic E-state index is 13.0. The Morgan fingerprint density at radius 1 is 0.444 bits per heavy atom. The molecule has 0 aromatic rings. The van der Waals surface area contributed by atoms with Crippen LogP contribution < -0.4 is 10.2 Å². The van der Waals surface area contributed by atoms with Crippen LogP contribution in [0.3, 0.4) is 0 Å². The van der Waals surface area contributed by atoms with E-state index in [1.165, 1.54) is 244 Å². The summed E-state index contributed by atoms with van der Waals surface area (Å²) in [4.78, 5) is 25.6. The van der Waals surface area contributed by atoms with Crippen LogP contribution in [0.25, 0.3) is 0 Å². The van der Waals surface area contributed by atoms with Gasteiger partial charge in [0, 0.05) is 6.42 Å². The quantitative estimate of drug-likeness (QED) is 0.0272. The zero-order chi connectivity index (χ0) is 59.1. The van der Waals surface area contributed by atoms with E-state index < -0.39 is 26.6 Å². The van der Waals surface area contributed by atoms with Crippen LogP contribution in [0.5, 0.6) is 0 Å². The third-order valence-corrected chi connectivity index (χ3v) is 16.6. The summed E-state index contributed by atoms with van der Waals surface area (Å²) < 4.78 is 23.4. The first-order chi connectivity index (χ1) is 39.5. The number of carbonyl (C=O) groups excluding carboxylic acids is 1. The lowest BCUT2D eigenvalue weighted by Crippen LogP contribution is -2.45. The van der Waals surface area contributed by atoms with E-state index in [0.29, 0.717) is 17.4 Å². The normalized spacial score (nSPS) is 14.1. The smallest absolute Gasteiger partial charge is 0.268 e. The molecule has 0 bridgehead atoms. The highest BCUT2D eigenvalue weighted by Gasteiger charge is 2.23. The lowest BCUT2D eigenvalue weighted by molar-refractivity contribution is -0.870. The molecule has 9 heteroatoms. The molecule has 3 unspecified atom stereocenters. The van der Waals surface area contributed by atoms with E-state index in [4.69, 9.17) is 9.05 Å². The van der Waals surface area contributed by atoms with E-state index >= 15 is 0 Å². The number of phosphoric ester groups is 1. The minimum Gasteiger partial charge on any atom is -0.756 e. The Morgan fingerprint density at radius 2 is 0.765 bits per heavy atom. The van der Waals surface area contributed by atoms with Crippen LogP contribution in [0.1, 0.15) is 328 Å². The van der Waals surface area contributed by atoms with Gasteiger partial charge in [0.2, 0.25) is 5.91 Å². The van der Waals surface area contributed by atoms with E-state index in [2.05, 4.69) is 79.9 Å². The fourth-order valence-electron chi connectivity index (χ4n) is 10.3. The molecule has 1 amide bonds. The highest BCUT2D eigenvalue weighted by atomic mass is 31.2. The highest BCUT2D eigenvalue weighted by Crippen LogP contribution is 2.38. The van der Waals surface area contributed by atoms with Crippen LogP contribution in [-0.2, 0) is 18.4 Å². The number of allylic oxidation sites excluding steroid dienone is 11. The molecule has 8 nitrogen and oxygen atoms in total. The fraction of sp³-hybridized carbons (Fsp3) is 0.819. The third kappa shape index (κ3) is 65.3. The summed E-state index contributed by atoms with van der Waals surface area (Å²) in [6, 6.07) is -0.904. The molecule has 0 saturated carbocycles. The summed E-state index contributed by atoms with van der Waals surface area (Å²) in [7, 11) is 1.25. The van der Waals surface area contributed by atoms with Crippen molar-refractivity contribution >= 4 is 13.7 Å². The summed E-state index contributed by atoms with van der Waals surface area (Å²) in [5.74, 6) is -0.202. The number of hydrogen-bond acceptors (Lipinski definition) is 6. The minimum absolute atomic E-state index is 0.00568. The van der Waals surface area contributed by atoms with Crippen LogP contribution in [-0.4, -0.2) is 68.5 Å². The van der Waals surface area contributed by atoms with E-state index in [0.717, 1.165) is 64.2 Å². The minimum atomic E-state index is -4.61. The molecule has 0 aromatic heterocycles. The molecule has 0 heterocycles. The summed E-state index contributed by atoms with van der Waals surface area (Å²) in [5.41, 5.74) is 0. The Bertz CT molecular complexity index is 1550. The number of hydrogen-bond donors (Lipinski definition) is 2. The second kappa shape index (κ2) is 62.5. The average Bonchev–Trinajstić information content (AvgIpc) is 3.43. The SMILES string of the molecule is CC/C=C\C/C=C\C/C=C\C/C=C\CCCCCCCCCCCCCCCCCCCCCCCCCCCCCCC(=O)NC(COP(=O)([O-])OCC[N+](C)(C)C)C(O)/C=C/CC/C=C/CCCCCCCCCCCCCC. The van der Waals surface area contributed by atoms with E-state index in [1.54, 1.807) is 6.08 Å². The maximum Gasteiger partial charge on any atom is 0.268 e. The molecule has 3 atom stereocenters. The summed E-state index contributed by atoms with van der Waals surface area (Å²) in [6.07, 6.45) is 87.6. The number of amides is 1. The number of nitrogens with one attached hydrogen (secondary N) is 1. The molecule has 0 radical (unpaired) electrons. The Labute approximate surface area is 504 Å². The van der Waals surface area contributed by atoms with Gasteiger partial charge < -0.3 is 28.8 Å². The topological polar surface area (TPSA) is 108 Å². The van der Waals surface area contributed by atoms with Crippen molar-refractivity contribution in [2.75, 3.05) is 40.9 Å². The van der Waals surface area contributed by atoms with E-state index in [9.17, 15) is 19.4 Å². The predicted octanol–water partition coefficient (Wildman–Crippen LogP) is 21.5. The van der Waals surface area contributed by atoms with Crippen LogP contribution in [0.15, 0.2) is 72.9 Å². The maximum atomic E-state index is 13.0. The van der Waals surface area contributed by atoms with Gasteiger partial charge in [-0.15, -0.1) is 0 Å². The van der Waals surface area contributed by atoms with Gasteiger partial charge in [-0.1, -0.05) is 324 Å². The number of nitrogens with zero attached hydrogens (tertiary/aromatic N) is 1. The molecular weight excluding hydrogens is 1020 g/mol. The first-order valence-corrected chi connectivity index (χ1v) is 36.3. The van der Waals surface area contributed by atoms with Gasteiger partial charge in [-0.3, -0.25) is 9.36 Å². The summed E-state index contributed by atoms with van der Waals surface area (Å²) >= 11 is 0. The fourth-order valence-corrected chi connectivity index (χ4v) is 11.0. The molecule has 0 saturated heterocycles. The summed E-state index contributed by atoms with van der Waals surface area (Å²) in [6.45, 7) is 4.55. The zero-order valence-electron chi connectivity index (χ0n) is 54.2. The second-order valence-electron chi connectivity index (χ2n) is 24.8. The van der Waals surface area contributed by atoms with Crippen LogP contribution in [0.4, 0.5) is 0 Å². The Hall–Kier alpha value is -2.06.